The molecule has 0 saturated carbocycles. The number of sulfonamides is 1. The van der Waals surface area contributed by atoms with Gasteiger partial charge in [0, 0.05) is 13.0 Å². The summed E-state index contributed by atoms with van der Waals surface area (Å²) >= 11 is 0. The molecule has 0 radical (unpaired) electrons. The van der Waals surface area contributed by atoms with E-state index in [4.69, 9.17) is 0 Å². The van der Waals surface area contributed by atoms with Crippen LogP contribution in [0.4, 0.5) is 5.82 Å². The molecule has 2 heterocycles. The molecule has 29 heavy (non-hydrogen) atoms. The van der Waals surface area contributed by atoms with Crippen molar-refractivity contribution in [3.8, 4) is 0 Å². The van der Waals surface area contributed by atoms with Crippen molar-refractivity contribution < 1.29 is 8.42 Å². The van der Waals surface area contributed by atoms with E-state index in [1.807, 2.05) is 55.5 Å². The Morgan fingerprint density at radius 1 is 1.00 bits per heavy atom. The second kappa shape index (κ2) is 7.11. The van der Waals surface area contributed by atoms with Gasteiger partial charge in [-0.05, 0) is 56.2 Å². The summed E-state index contributed by atoms with van der Waals surface area (Å²) in [7, 11) is -3.81. The normalized spacial score (nSPS) is 12.0. The Labute approximate surface area is 170 Å². The van der Waals surface area contributed by atoms with Crippen LogP contribution in [0.3, 0.4) is 0 Å². The molecule has 0 aliphatic carbocycles. The van der Waals surface area contributed by atoms with Gasteiger partial charge in [-0.25, -0.2) is 17.7 Å². The number of aryl methyl sites for hydroxylation is 3. The predicted molar refractivity (Wildman–Crippen MR) is 114 cm³/mol. The Morgan fingerprint density at radius 2 is 1.76 bits per heavy atom. The van der Waals surface area contributed by atoms with Gasteiger partial charge in [-0.15, -0.1) is 10.2 Å². The van der Waals surface area contributed by atoms with E-state index in [-0.39, 0.29) is 17.3 Å². The first-order chi connectivity index (χ1) is 13.9. The number of rotatable bonds is 5. The number of para-hydroxylation sites is 2. The maximum absolute atomic E-state index is 13.5. The highest BCUT2D eigenvalue weighted by molar-refractivity contribution is 7.92. The topological polar surface area (TPSA) is 80.5 Å². The average Bonchev–Trinajstić information content (AvgIpc) is 3.15. The zero-order chi connectivity index (χ0) is 20.8. The molecule has 0 fully saturated rings. The molecule has 0 aliphatic heterocycles. The van der Waals surface area contributed by atoms with E-state index < -0.39 is 10.0 Å². The number of anilines is 1. The van der Waals surface area contributed by atoms with Gasteiger partial charge in [0.05, 0.1) is 15.9 Å². The van der Waals surface area contributed by atoms with Crippen LogP contribution < -0.4 is 4.31 Å². The number of benzene rings is 2. The van der Waals surface area contributed by atoms with E-state index in [0.717, 1.165) is 22.5 Å². The minimum absolute atomic E-state index is 0.227. The highest BCUT2D eigenvalue weighted by Crippen LogP contribution is 2.29. The largest absolute Gasteiger partial charge is 0.274 e. The van der Waals surface area contributed by atoms with E-state index in [1.54, 1.807) is 19.1 Å². The van der Waals surface area contributed by atoms with Crippen molar-refractivity contribution in [3.63, 3.8) is 0 Å². The summed E-state index contributed by atoms with van der Waals surface area (Å²) < 4.78 is 30.2. The summed E-state index contributed by atoms with van der Waals surface area (Å²) in [4.78, 5) is 4.92. The summed E-state index contributed by atoms with van der Waals surface area (Å²) in [6.07, 6.45) is 0.671. The van der Waals surface area contributed by atoms with Crippen LogP contribution in [-0.4, -0.2) is 34.5 Å². The molecule has 0 amide bonds. The number of hydrogen-bond acceptors (Lipinski definition) is 5. The van der Waals surface area contributed by atoms with Crippen LogP contribution in [0.15, 0.2) is 47.4 Å². The van der Waals surface area contributed by atoms with E-state index in [0.29, 0.717) is 17.6 Å². The quantitative estimate of drug-likeness (QED) is 0.502. The monoisotopic (exact) mass is 409 g/mol. The summed E-state index contributed by atoms with van der Waals surface area (Å²) in [5, 5.41) is 8.56. The second-order valence-electron chi connectivity index (χ2n) is 6.97. The third-order valence-corrected chi connectivity index (χ3v) is 7.05. The first-order valence-electron chi connectivity index (χ1n) is 9.61. The van der Waals surface area contributed by atoms with Gasteiger partial charge in [-0.1, -0.05) is 25.1 Å². The molecule has 150 valence electrons. The Balaban J connectivity index is 2.00. The molecule has 0 atom stereocenters. The Kier molecular flexibility index (Phi) is 4.74. The molecule has 0 spiro atoms. The fourth-order valence-corrected chi connectivity index (χ4v) is 4.97. The smallest absolute Gasteiger partial charge is 0.265 e. The van der Waals surface area contributed by atoms with E-state index in [2.05, 4.69) is 15.2 Å². The first-order valence-corrected chi connectivity index (χ1v) is 11.0. The Bertz CT molecular complexity index is 1330. The zero-order valence-corrected chi connectivity index (χ0v) is 17.7. The number of hydrogen-bond donors (Lipinski definition) is 0. The van der Waals surface area contributed by atoms with Crippen molar-refractivity contribution in [2.45, 2.75) is 39.0 Å². The van der Waals surface area contributed by atoms with Crippen LogP contribution in [0.2, 0.25) is 0 Å². The van der Waals surface area contributed by atoms with Crippen molar-refractivity contribution in [1.82, 2.24) is 19.6 Å². The fourth-order valence-electron chi connectivity index (χ4n) is 3.46. The maximum Gasteiger partial charge on any atom is 0.265 e. The Hall–Kier alpha value is -3.00. The molecule has 0 N–H and O–H groups in total. The van der Waals surface area contributed by atoms with E-state index >= 15 is 0 Å². The molecule has 0 saturated heterocycles. The molecule has 0 bridgehead atoms. The lowest BCUT2D eigenvalue weighted by Gasteiger charge is -2.23. The summed E-state index contributed by atoms with van der Waals surface area (Å²) in [6.45, 7) is 7.88. The van der Waals surface area contributed by atoms with Gasteiger partial charge in [-0.2, -0.15) is 0 Å². The lowest BCUT2D eigenvalue weighted by molar-refractivity contribution is 0.591. The van der Waals surface area contributed by atoms with E-state index in [1.165, 1.54) is 4.31 Å². The van der Waals surface area contributed by atoms with Gasteiger partial charge in [0.1, 0.15) is 5.82 Å². The second-order valence-corrected chi connectivity index (χ2v) is 8.83. The van der Waals surface area contributed by atoms with Gasteiger partial charge in [0.25, 0.3) is 10.0 Å². The highest BCUT2D eigenvalue weighted by Gasteiger charge is 2.29. The molecule has 0 unspecified atom stereocenters. The van der Waals surface area contributed by atoms with Gasteiger partial charge >= 0.3 is 0 Å². The maximum atomic E-state index is 13.5. The molecule has 0 aliphatic rings. The number of nitrogens with zero attached hydrogens (tertiary/aromatic N) is 5. The van der Waals surface area contributed by atoms with Gasteiger partial charge in [0.15, 0.2) is 5.82 Å². The lowest BCUT2D eigenvalue weighted by Crippen LogP contribution is -2.32. The number of aromatic nitrogens is 4. The van der Waals surface area contributed by atoms with Crippen molar-refractivity contribution in [2.75, 3.05) is 10.8 Å². The molecule has 2 aromatic carbocycles. The van der Waals surface area contributed by atoms with Gasteiger partial charge in [0.2, 0.25) is 5.65 Å². The predicted octanol–water partition coefficient (Wildman–Crippen LogP) is 3.67. The molecular formula is C21H23N5O2S. The molecule has 7 nitrogen and oxygen atoms in total. The molecule has 2 aromatic heterocycles. The van der Waals surface area contributed by atoms with Crippen LogP contribution in [0, 0.1) is 13.8 Å². The van der Waals surface area contributed by atoms with Crippen LogP contribution in [0.25, 0.3) is 16.7 Å². The van der Waals surface area contributed by atoms with Gasteiger partial charge < -0.3 is 0 Å². The standard InChI is InChI=1S/C21H23N5O2S/c1-5-19-23-24-21-20(22-17-9-7-8-10-18(17)26(19)21)25(6-2)29(27,28)16-12-11-14(3)15(4)13-16/h7-13H,5-6H2,1-4H3. The van der Waals surface area contributed by atoms with Crippen LogP contribution in [-0.2, 0) is 16.4 Å². The average molecular weight is 410 g/mol. The molecule has 4 rings (SSSR count). The third kappa shape index (κ3) is 3.04. The number of fused-ring (bicyclic) bond motifs is 3. The highest BCUT2D eigenvalue weighted by atomic mass is 32.2. The van der Waals surface area contributed by atoms with Crippen molar-refractivity contribution in [2.24, 2.45) is 0 Å². The summed E-state index contributed by atoms with van der Waals surface area (Å²) in [5.41, 5.74) is 3.96. The summed E-state index contributed by atoms with van der Waals surface area (Å²) in [6, 6.07) is 12.8. The first kappa shape index (κ1) is 19.3. The molecular weight excluding hydrogens is 386 g/mol. The fraction of sp³-hybridized carbons (Fsp3) is 0.286. The minimum atomic E-state index is -3.81. The van der Waals surface area contributed by atoms with Crippen molar-refractivity contribution in [3.05, 3.63) is 59.4 Å². The van der Waals surface area contributed by atoms with Crippen LogP contribution in [0.5, 0.6) is 0 Å². The Morgan fingerprint density at radius 3 is 2.45 bits per heavy atom. The molecule has 4 aromatic rings. The summed E-state index contributed by atoms with van der Waals surface area (Å²) in [5.74, 6) is 1.05. The van der Waals surface area contributed by atoms with Gasteiger partial charge in [-0.3, -0.25) is 4.40 Å². The third-order valence-electron chi connectivity index (χ3n) is 5.19. The zero-order valence-electron chi connectivity index (χ0n) is 16.9. The SMILES string of the molecule is CCc1nnc2c(N(CC)S(=O)(=O)c3ccc(C)c(C)c3)nc3ccccc3n12. The van der Waals surface area contributed by atoms with Crippen molar-refractivity contribution in [1.29, 1.82) is 0 Å². The lowest BCUT2D eigenvalue weighted by atomic mass is 10.1. The van der Waals surface area contributed by atoms with E-state index in [9.17, 15) is 8.42 Å². The van der Waals surface area contributed by atoms with Crippen LogP contribution in [0.1, 0.15) is 30.8 Å². The molecule has 8 heteroatoms. The van der Waals surface area contributed by atoms with Crippen LogP contribution >= 0.6 is 0 Å². The van der Waals surface area contributed by atoms with Crippen molar-refractivity contribution >= 4 is 32.5 Å². The minimum Gasteiger partial charge on any atom is -0.274 e.